The van der Waals surface area contributed by atoms with Crippen LogP contribution in [0.5, 0.6) is 0 Å². The minimum atomic E-state index is -3.60. The summed E-state index contributed by atoms with van der Waals surface area (Å²) in [6, 6.07) is 23.0. The summed E-state index contributed by atoms with van der Waals surface area (Å²) in [5.74, 6) is -0.298. The Morgan fingerprint density at radius 1 is 0.897 bits per heavy atom. The predicted molar refractivity (Wildman–Crippen MR) is 114 cm³/mol. The summed E-state index contributed by atoms with van der Waals surface area (Å²) in [5, 5.41) is 0. The van der Waals surface area contributed by atoms with Crippen LogP contribution in [0.2, 0.25) is 0 Å². The van der Waals surface area contributed by atoms with Gasteiger partial charge in [-0.05, 0) is 60.4 Å². The van der Waals surface area contributed by atoms with E-state index in [0.29, 0.717) is 6.54 Å². The zero-order valence-electron chi connectivity index (χ0n) is 16.0. The van der Waals surface area contributed by atoms with Crippen LogP contribution >= 0.6 is 0 Å². The molecule has 29 heavy (non-hydrogen) atoms. The van der Waals surface area contributed by atoms with E-state index in [1.165, 1.54) is 12.1 Å². The molecular formula is C23H23FN2O2S. The van der Waals surface area contributed by atoms with Gasteiger partial charge in [-0.1, -0.05) is 42.5 Å². The van der Waals surface area contributed by atoms with Crippen LogP contribution in [0.25, 0.3) is 11.1 Å². The van der Waals surface area contributed by atoms with Crippen LogP contribution in [0.15, 0.2) is 83.8 Å². The number of anilines is 1. The van der Waals surface area contributed by atoms with Crippen LogP contribution in [0.1, 0.15) is 12.8 Å². The highest BCUT2D eigenvalue weighted by Gasteiger charge is 2.26. The maximum Gasteiger partial charge on any atom is 0.240 e. The van der Waals surface area contributed by atoms with Gasteiger partial charge in [-0.25, -0.2) is 17.5 Å². The number of benzene rings is 3. The third kappa shape index (κ3) is 4.49. The van der Waals surface area contributed by atoms with E-state index in [4.69, 9.17) is 0 Å². The van der Waals surface area contributed by atoms with Gasteiger partial charge in [-0.2, -0.15) is 0 Å². The van der Waals surface area contributed by atoms with Gasteiger partial charge in [0.15, 0.2) is 0 Å². The zero-order chi connectivity index (χ0) is 20.3. The van der Waals surface area contributed by atoms with Gasteiger partial charge in [-0.3, -0.25) is 0 Å². The number of nitrogens with one attached hydrogen (secondary N) is 1. The number of halogens is 1. The maximum atomic E-state index is 13.1. The second kappa shape index (κ2) is 8.35. The molecule has 0 aromatic heterocycles. The van der Waals surface area contributed by atoms with Crippen molar-refractivity contribution in [2.24, 2.45) is 0 Å². The second-order valence-corrected chi connectivity index (χ2v) is 8.98. The quantitative estimate of drug-likeness (QED) is 0.654. The van der Waals surface area contributed by atoms with Gasteiger partial charge in [0.1, 0.15) is 5.82 Å². The van der Waals surface area contributed by atoms with Crippen molar-refractivity contribution in [1.29, 1.82) is 0 Å². The average Bonchev–Trinajstić information content (AvgIpc) is 3.22. The molecule has 3 aromatic rings. The Labute approximate surface area is 171 Å². The van der Waals surface area contributed by atoms with Crippen molar-refractivity contribution in [1.82, 2.24) is 4.72 Å². The summed E-state index contributed by atoms with van der Waals surface area (Å²) in [7, 11) is -3.60. The van der Waals surface area contributed by atoms with Gasteiger partial charge in [0.25, 0.3) is 0 Å². The number of nitrogens with zero attached hydrogens (tertiary/aromatic N) is 1. The van der Waals surface area contributed by atoms with Gasteiger partial charge in [0, 0.05) is 24.8 Å². The summed E-state index contributed by atoms with van der Waals surface area (Å²) >= 11 is 0. The Hall–Kier alpha value is -2.70. The zero-order valence-corrected chi connectivity index (χ0v) is 16.8. The van der Waals surface area contributed by atoms with E-state index in [-0.39, 0.29) is 16.8 Å². The molecule has 1 heterocycles. The van der Waals surface area contributed by atoms with Crippen LogP contribution in [0.3, 0.4) is 0 Å². The molecule has 1 fully saturated rings. The number of hydrogen-bond donors (Lipinski definition) is 1. The summed E-state index contributed by atoms with van der Waals surface area (Å²) in [6.45, 7) is 1.31. The van der Waals surface area contributed by atoms with Crippen LogP contribution in [-0.2, 0) is 10.0 Å². The molecule has 1 atom stereocenters. The first kappa shape index (κ1) is 19.6. The number of para-hydroxylation sites is 1. The molecule has 1 aliphatic rings. The number of hydrogen-bond acceptors (Lipinski definition) is 3. The van der Waals surface area contributed by atoms with Gasteiger partial charge in [0.2, 0.25) is 10.0 Å². The van der Waals surface area contributed by atoms with Crippen molar-refractivity contribution in [3.8, 4) is 11.1 Å². The fraction of sp³-hybridized carbons (Fsp3) is 0.217. The molecule has 0 amide bonds. The van der Waals surface area contributed by atoms with E-state index >= 15 is 0 Å². The Morgan fingerprint density at radius 3 is 2.17 bits per heavy atom. The van der Waals surface area contributed by atoms with Crippen LogP contribution < -0.4 is 9.62 Å². The lowest BCUT2D eigenvalue weighted by Gasteiger charge is -2.27. The van der Waals surface area contributed by atoms with E-state index in [2.05, 4.69) is 21.8 Å². The lowest BCUT2D eigenvalue weighted by molar-refractivity contribution is 0.567. The summed E-state index contributed by atoms with van der Waals surface area (Å²) < 4.78 is 41.3. The Bertz CT molecular complexity index is 1050. The molecule has 0 radical (unpaired) electrons. The first-order valence-corrected chi connectivity index (χ1v) is 11.2. The van der Waals surface area contributed by atoms with Gasteiger partial charge < -0.3 is 4.90 Å². The van der Waals surface area contributed by atoms with Crippen molar-refractivity contribution in [3.05, 3.63) is 84.7 Å². The topological polar surface area (TPSA) is 49.4 Å². The van der Waals surface area contributed by atoms with Gasteiger partial charge in [0.05, 0.1) is 4.90 Å². The highest BCUT2D eigenvalue weighted by molar-refractivity contribution is 7.89. The van der Waals surface area contributed by atoms with Crippen molar-refractivity contribution in [2.45, 2.75) is 23.8 Å². The molecule has 4 rings (SSSR count). The Balaban J connectivity index is 1.44. The molecule has 6 heteroatoms. The minimum Gasteiger partial charge on any atom is -0.367 e. The molecule has 1 N–H and O–H groups in total. The standard InChI is InChI=1S/C23H23FN2O2S/c24-20-12-8-18(9-13-20)19-10-14-23(15-11-19)29(27,28)25-17-22-7-4-16-26(22)21-5-2-1-3-6-21/h1-3,5-6,8-15,22,25H,4,7,16-17H2. The van der Waals surface area contributed by atoms with Crippen molar-refractivity contribution >= 4 is 15.7 Å². The van der Waals surface area contributed by atoms with E-state index in [0.717, 1.165) is 36.2 Å². The van der Waals surface area contributed by atoms with Crippen molar-refractivity contribution in [2.75, 3.05) is 18.0 Å². The normalized spacial score (nSPS) is 16.9. The third-order valence-electron chi connectivity index (χ3n) is 5.32. The lowest BCUT2D eigenvalue weighted by atomic mass is 10.1. The average molecular weight is 411 g/mol. The van der Waals surface area contributed by atoms with E-state index in [1.54, 1.807) is 36.4 Å². The molecular weight excluding hydrogens is 387 g/mol. The molecule has 1 saturated heterocycles. The Morgan fingerprint density at radius 2 is 1.52 bits per heavy atom. The number of sulfonamides is 1. The summed E-state index contributed by atoms with van der Waals surface area (Å²) in [4.78, 5) is 2.49. The second-order valence-electron chi connectivity index (χ2n) is 7.21. The third-order valence-corrected chi connectivity index (χ3v) is 6.76. The predicted octanol–water partition coefficient (Wildman–Crippen LogP) is 4.44. The summed E-state index contributed by atoms with van der Waals surface area (Å²) in [5.41, 5.74) is 2.81. The minimum absolute atomic E-state index is 0.144. The molecule has 0 spiro atoms. The SMILES string of the molecule is O=S(=O)(NCC1CCCN1c1ccccc1)c1ccc(-c2ccc(F)cc2)cc1. The highest BCUT2D eigenvalue weighted by Crippen LogP contribution is 2.25. The molecule has 150 valence electrons. The molecule has 3 aromatic carbocycles. The largest absolute Gasteiger partial charge is 0.367 e. The molecule has 1 aliphatic heterocycles. The molecule has 1 unspecified atom stereocenters. The molecule has 0 saturated carbocycles. The maximum absolute atomic E-state index is 13.1. The fourth-order valence-corrected chi connectivity index (χ4v) is 4.84. The van der Waals surface area contributed by atoms with E-state index < -0.39 is 10.0 Å². The first-order valence-electron chi connectivity index (χ1n) is 9.70. The van der Waals surface area contributed by atoms with Crippen LogP contribution in [0.4, 0.5) is 10.1 Å². The molecule has 4 nitrogen and oxygen atoms in total. The van der Waals surface area contributed by atoms with E-state index in [9.17, 15) is 12.8 Å². The summed E-state index contributed by atoms with van der Waals surface area (Å²) in [6.07, 6.45) is 2.01. The van der Waals surface area contributed by atoms with E-state index in [1.807, 2.05) is 18.2 Å². The van der Waals surface area contributed by atoms with Crippen LogP contribution in [-0.4, -0.2) is 27.5 Å². The van der Waals surface area contributed by atoms with Crippen molar-refractivity contribution < 1.29 is 12.8 Å². The smallest absolute Gasteiger partial charge is 0.240 e. The van der Waals surface area contributed by atoms with Crippen LogP contribution in [0, 0.1) is 5.82 Å². The number of rotatable bonds is 6. The highest BCUT2D eigenvalue weighted by atomic mass is 32.2. The van der Waals surface area contributed by atoms with Gasteiger partial charge >= 0.3 is 0 Å². The lowest BCUT2D eigenvalue weighted by Crippen LogP contribution is -2.40. The Kier molecular flexibility index (Phi) is 5.65. The first-order chi connectivity index (χ1) is 14.0. The molecule has 0 bridgehead atoms. The monoisotopic (exact) mass is 410 g/mol. The van der Waals surface area contributed by atoms with Crippen molar-refractivity contribution in [3.63, 3.8) is 0 Å². The van der Waals surface area contributed by atoms with Gasteiger partial charge in [-0.15, -0.1) is 0 Å². The molecule has 0 aliphatic carbocycles. The fourth-order valence-electron chi connectivity index (χ4n) is 3.77.